The molecule has 0 N–H and O–H groups in total. The molecule has 2 aromatic carbocycles. The van der Waals surface area contributed by atoms with Gasteiger partial charge in [-0.3, -0.25) is 0 Å². The van der Waals surface area contributed by atoms with Crippen molar-refractivity contribution < 1.29 is 18.8 Å². The monoisotopic (exact) mass is 375 g/mol. The van der Waals surface area contributed by atoms with E-state index in [2.05, 4.69) is 5.16 Å². The summed E-state index contributed by atoms with van der Waals surface area (Å²) in [6.45, 7) is 0.316. The molecule has 1 heterocycles. The fourth-order valence-corrected chi connectivity index (χ4v) is 3.07. The van der Waals surface area contributed by atoms with Crippen LogP contribution in [0.25, 0.3) is 0 Å². The van der Waals surface area contributed by atoms with E-state index in [1.54, 1.807) is 18.2 Å². The molecule has 0 saturated carbocycles. The van der Waals surface area contributed by atoms with Gasteiger partial charge in [-0.1, -0.05) is 53.7 Å². The highest BCUT2D eigenvalue weighted by Gasteiger charge is 2.27. The second-order valence-corrected chi connectivity index (χ2v) is 6.49. The zero-order chi connectivity index (χ0) is 19.3. The van der Waals surface area contributed by atoms with E-state index in [-0.39, 0.29) is 5.82 Å². The second-order valence-electron chi connectivity index (χ2n) is 6.49. The van der Waals surface area contributed by atoms with E-state index in [4.69, 9.17) is 9.57 Å². The largest absolute Gasteiger partial charge is 0.489 e. The summed E-state index contributed by atoms with van der Waals surface area (Å²) in [6.07, 6.45) is 7.33. The van der Waals surface area contributed by atoms with Crippen molar-refractivity contribution in [3.8, 4) is 0 Å². The van der Waals surface area contributed by atoms with Crippen molar-refractivity contribution in [1.82, 2.24) is 0 Å². The van der Waals surface area contributed by atoms with Gasteiger partial charge in [-0.2, -0.15) is 0 Å². The maximum Gasteiger partial charge on any atom is 0.368 e. The molecule has 0 saturated heterocycles. The molecule has 2 aromatic rings. The van der Waals surface area contributed by atoms with E-state index in [0.717, 1.165) is 29.5 Å². The molecule has 140 valence electrons. The summed E-state index contributed by atoms with van der Waals surface area (Å²) in [5.74, 6) is -0.0626. The SMILES string of the molecule is O=C1ON=C(c2ccccc2)C1=CC1=C(OCc2ccc(F)cc2)C=CCC1. The number of rotatable bonds is 5. The van der Waals surface area contributed by atoms with Crippen molar-refractivity contribution in [3.63, 3.8) is 0 Å². The van der Waals surface area contributed by atoms with Gasteiger partial charge in [0.2, 0.25) is 0 Å². The zero-order valence-electron chi connectivity index (χ0n) is 15.1. The van der Waals surface area contributed by atoms with E-state index in [1.807, 2.05) is 42.5 Å². The summed E-state index contributed by atoms with van der Waals surface area (Å²) in [4.78, 5) is 17.1. The molecule has 0 fully saturated rings. The third-order valence-electron chi connectivity index (χ3n) is 4.53. The first-order valence-electron chi connectivity index (χ1n) is 9.04. The van der Waals surface area contributed by atoms with E-state index >= 15 is 0 Å². The Morgan fingerprint density at radius 2 is 1.89 bits per heavy atom. The Balaban J connectivity index is 1.61. The van der Waals surface area contributed by atoms with Gasteiger partial charge >= 0.3 is 5.97 Å². The summed E-state index contributed by atoms with van der Waals surface area (Å²) in [5, 5.41) is 3.94. The van der Waals surface area contributed by atoms with Crippen LogP contribution >= 0.6 is 0 Å². The number of ether oxygens (including phenoxy) is 1. The minimum absolute atomic E-state index is 0.279. The zero-order valence-corrected chi connectivity index (χ0v) is 15.1. The van der Waals surface area contributed by atoms with Gasteiger partial charge in [-0.05, 0) is 48.3 Å². The average molecular weight is 375 g/mol. The molecule has 1 aliphatic carbocycles. The lowest BCUT2D eigenvalue weighted by Crippen LogP contribution is -2.09. The Kier molecular flexibility index (Phi) is 5.15. The Labute approximate surface area is 162 Å². The number of oxime groups is 1. The predicted molar refractivity (Wildman–Crippen MR) is 104 cm³/mol. The number of carbonyl (C=O) groups is 1. The Hall–Kier alpha value is -3.47. The third-order valence-corrected chi connectivity index (χ3v) is 4.53. The summed E-state index contributed by atoms with van der Waals surface area (Å²) < 4.78 is 19.0. The molecule has 0 spiro atoms. The van der Waals surface area contributed by atoms with Crippen LogP contribution in [0, 0.1) is 5.82 Å². The van der Waals surface area contributed by atoms with Crippen molar-refractivity contribution >= 4 is 11.7 Å². The number of nitrogens with zero attached hydrogens (tertiary/aromatic N) is 1. The quantitative estimate of drug-likeness (QED) is 0.555. The molecular weight excluding hydrogens is 357 g/mol. The summed E-state index contributed by atoms with van der Waals surface area (Å²) in [7, 11) is 0. The minimum atomic E-state index is -0.473. The van der Waals surface area contributed by atoms with Crippen LogP contribution < -0.4 is 0 Å². The number of hydrogen-bond donors (Lipinski definition) is 0. The fourth-order valence-electron chi connectivity index (χ4n) is 3.07. The molecule has 4 nitrogen and oxygen atoms in total. The molecule has 0 amide bonds. The fraction of sp³-hybridized carbons (Fsp3) is 0.130. The van der Waals surface area contributed by atoms with E-state index in [0.29, 0.717) is 23.7 Å². The Bertz CT molecular complexity index is 1000. The lowest BCUT2D eigenvalue weighted by atomic mass is 9.96. The van der Waals surface area contributed by atoms with Crippen LogP contribution in [0.15, 0.2) is 94.9 Å². The summed E-state index contributed by atoms with van der Waals surface area (Å²) in [5.41, 5.74) is 3.53. The van der Waals surface area contributed by atoms with Crippen LogP contribution in [0.4, 0.5) is 4.39 Å². The molecule has 0 bridgehead atoms. The van der Waals surface area contributed by atoms with Crippen molar-refractivity contribution in [2.45, 2.75) is 19.4 Å². The number of carbonyl (C=O) groups excluding carboxylic acids is 1. The second kappa shape index (κ2) is 8.05. The lowest BCUT2D eigenvalue weighted by Gasteiger charge is -2.15. The normalized spacial score (nSPS) is 17.7. The van der Waals surface area contributed by atoms with E-state index in [1.165, 1.54) is 12.1 Å². The molecule has 0 atom stereocenters. The van der Waals surface area contributed by atoms with Gasteiger partial charge in [0.1, 0.15) is 23.9 Å². The van der Waals surface area contributed by atoms with Gasteiger partial charge in [-0.25, -0.2) is 9.18 Å². The maximum atomic E-state index is 13.1. The van der Waals surface area contributed by atoms with Gasteiger partial charge < -0.3 is 9.57 Å². The highest BCUT2D eigenvalue weighted by atomic mass is 19.1. The molecule has 0 unspecified atom stereocenters. The van der Waals surface area contributed by atoms with Crippen molar-refractivity contribution in [1.29, 1.82) is 0 Å². The maximum absolute atomic E-state index is 13.1. The molecule has 28 heavy (non-hydrogen) atoms. The topological polar surface area (TPSA) is 47.9 Å². The van der Waals surface area contributed by atoms with Gasteiger partial charge in [0, 0.05) is 5.56 Å². The molecule has 2 aliphatic rings. The van der Waals surface area contributed by atoms with E-state index in [9.17, 15) is 9.18 Å². The molecular formula is C23H18FNO3. The molecule has 0 radical (unpaired) electrons. The van der Waals surface area contributed by atoms with Crippen LogP contribution in [-0.4, -0.2) is 11.7 Å². The van der Waals surface area contributed by atoms with Crippen LogP contribution in [0.1, 0.15) is 24.0 Å². The van der Waals surface area contributed by atoms with Crippen LogP contribution in [0.2, 0.25) is 0 Å². The van der Waals surface area contributed by atoms with Crippen LogP contribution in [-0.2, 0) is 21.0 Å². The number of benzene rings is 2. The van der Waals surface area contributed by atoms with Gasteiger partial charge in [0.25, 0.3) is 0 Å². The molecule has 5 heteroatoms. The standard InChI is InChI=1S/C23H18FNO3/c24-19-12-10-16(11-13-19)15-27-21-9-5-4-8-18(21)14-20-22(25-28-23(20)26)17-6-2-1-3-7-17/h1-3,5-7,9-14H,4,8,15H2. The summed E-state index contributed by atoms with van der Waals surface area (Å²) in [6, 6.07) is 15.6. The highest BCUT2D eigenvalue weighted by molar-refractivity contribution is 6.29. The van der Waals surface area contributed by atoms with Gasteiger partial charge in [0.15, 0.2) is 0 Å². The van der Waals surface area contributed by atoms with Gasteiger partial charge in [0.05, 0.1) is 5.57 Å². The number of halogens is 1. The number of allylic oxidation sites excluding steroid dienone is 4. The lowest BCUT2D eigenvalue weighted by molar-refractivity contribution is -0.136. The minimum Gasteiger partial charge on any atom is -0.489 e. The molecule has 1 aliphatic heterocycles. The smallest absolute Gasteiger partial charge is 0.368 e. The number of hydrogen-bond acceptors (Lipinski definition) is 4. The average Bonchev–Trinajstić information content (AvgIpc) is 3.09. The van der Waals surface area contributed by atoms with Crippen LogP contribution in [0.5, 0.6) is 0 Å². The Morgan fingerprint density at radius 1 is 1.11 bits per heavy atom. The first-order chi connectivity index (χ1) is 13.7. The molecule has 0 aromatic heterocycles. The highest BCUT2D eigenvalue weighted by Crippen LogP contribution is 2.26. The Morgan fingerprint density at radius 3 is 2.68 bits per heavy atom. The van der Waals surface area contributed by atoms with Crippen molar-refractivity contribution in [2.24, 2.45) is 5.16 Å². The third kappa shape index (κ3) is 3.93. The van der Waals surface area contributed by atoms with Crippen LogP contribution in [0.3, 0.4) is 0 Å². The predicted octanol–water partition coefficient (Wildman–Crippen LogP) is 4.83. The first-order valence-corrected chi connectivity index (χ1v) is 9.04. The first kappa shape index (κ1) is 17.9. The van der Waals surface area contributed by atoms with Crippen molar-refractivity contribution in [3.05, 3.63) is 107 Å². The van der Waals surface area contributed by atoms with Gasteiger partial charge in [-0.15, -0.1) is 0 Å². The van der Waals surface area contributed by atoms with Crippen molar-refractivity contribution in [2.75, 3.05) is 0 Å². The molecule has 4 rings (SSSR count). The summed E-state index contributed by atoms with van der Waals surface area (Å²) >= 11 is 0. The van der Waals surface area contributed by atoms with E-state index < -0.39 is 5.97 Å².